The summed E-state index contributed by atoms with van der Waals surface area (Å²) in [5.41, 5.74) is 1.44. The number of hydrogen-bond acceptors (Lipinski definition) is 3. The molecular formula is C15H18F3NO2. The molecule has 1 fully saturated rings. The van der Waals surface area contributed by atoms with Gasteiger partial charge in [-0.1, -0.05) is 0 Å². The molecule has 0 aliphatic carbocycles. The molecule has 21 heavy (non-hydrogen) atoms. The number of ether oxygens (including phenoxy) is 1. The van der Waals surface area contributed by atoms with E-state index >= 15 is 0 Å². The van der Waals surface area contributed by atoms with Crippen LogP contribution in [-0.4, -0.2) is 43.1 Å². The molecule has 2 rings (SSSR count). The van der Waals surface area contributed by atoms with Crippen molar-refractivity contribution in [2.45, 2.75) is 32.0 Å². The van der Waals surface area contributed by atoms with Gasteiger partial charge in [-0.05, 0) is 43.5 Å². The van der Waals surface area contributed by atoms with Crippen LogP contribution in [0.5, 0.6) is 5.75 Å². The summed E-state index contributed by atoms with van der Waals surface area (Å²) in [5, 5.41) is 0. The average Bonchev–Trinajstić information content (AvgIpc) is 2.40. The number of alkyl halides is 3. The molecule has 1 aromatic rings. The van der Waals surface area contributed by atoms with Crippen molar-refractivity contribution in [3.63, 3.8) is 0 Å². The van der Waals surface area contributed by atoms with E-state index < -0.39 is 12.7 Å². The van der Waals surface area contributed by atoms with Crippen molar-refractivity contribution in [3.05, 3.63) is 29.3 Å². The average molecular weight is 301 g/mol. The van der Waals surface area contributed by atoms with Gasteiger partial charge in [-0.3, -0.25) is 9.69 Å². The number of halogens is 3. The van der Waals surface area contributed by atoms with Crippen LogP contribution in [0.2, 0.25) is 0 Å². The van der Waals surface area contributed by atoms with Gasteiger partial charge in [0, 0.05) is 18.7 Å². The van der Waals surface area contributed by atoms with E-state index in [1.807, 2.05) is 6.92 Å². The molecule has 0 saturated carbocycles. The Labute approximate surface area is 121 Å². The third-order valence-electron chi connectivity index (χ3n) is 3.61. The van der Waals surface area contributed by atoms with Crippen LogP contribution in [0.1, 0.15) is 28.8 Å². The second-order valence-corrected chi connectivity index (χ2v) is 5.34. The van der Waals surface area contributed by atoms with Gasteiger partial charge >= 0.3 is 6.18 Å². The second-order valence-electron chi connectivity index (χ2n) is 5.34. The molecule has 1 aliphatic rings. The van der Waals surface area contributed by atoms with Crippen molar-refractivity contribution >= 4 is 6.29 Å². The minimum atomic E-state index is -4.14. The van der Waals surface area contributed by atoms with Crippen molar-refractivity contribution in [2.75, 3.05) is 19.6 Å². The fourth-order valence-electron chi connectivity index (χ4n) is 2.48. The molecule has 1 saturated heterocycles. The number of hydrogen-bond donors (Lipinski definition) is 0. The van der Waals surface area contributed by atoms with E-state index in [1.54, 1.807) is 18.2 Å². The van der Waals surface area contributed by atoms with Gasteiger partial charge in [0.25, 0.3) is 0 Å². The number of carbonyl (C=O) groups excluding carboxylic acids is 1. The van der Waals surface area contributed by atoms with Crippen LogP contribution in [0.25, 0.3) is 0 Å². The fourth-order valence-corrected chi connectivity index (χ4v) is 2.48. The summed E-state index contributed by atoms with van der Waals surface area (Å²) in [4.78, 5) is 12.1. The minimum absolute atomic E-state index is 0.0732. The van der Waals surface area contributed by atoms with Gasteiger partial charge in [0.05, 0.1) is 6.54 Å². The Morgan fingerprint density at radius 2 is 2.00 bits per heavy atom. The third-order valence-corrected chi connectivity index (χ3v) is 3.61. The third kappa shape index (κ3) is 4.74. The molecule has 0 radical (unpaired) electrons. The highest BCUT2D eigenvalue weighted by Gasteiger charge is 2.32. The van der Waals surface area contributed by atoms with E-state index in [-0.39, 0.29) is 6.10 Å². The summed E-state index contributed by atoms with van der Waals surface area (Å²) in [6.07, 6.45) is -2.28. The fraction of sp³-hybridized carbons (Fsp3) is 0.533. The molecule has 1 heterocycles. The summed E-state index contributed by atoms with van der Waals surface area (Å²) in [7, 11) is 0. The van der Waals surface area contributed by atoms with E-state index in [2.05, 4.69) is 0 Å². The van der Waals surface area contributed by atoms with Crippen LogP contribution in [0, 0.1) is 6.92 Å². The van der Waals surface area contributed by atoms with Gasteiger partial charge in [-0.15, -0.1) is 0 Å². The monoisotopic (exact) mass is 301 g/mol. The Morgan fingerprint density at radius 1 is 1.33 bits per heavy atom. The number of aryl methyl sites for hydroxylation is 1. The lowest BCUT2D eigenvalue weighted by atomic mass is 10.1. The number of aldehydes is 1. The van der Waals surface area contributed by atoms with Gasteiger partial charge in [-0.25, -0.2) is 0 Å². The molecule has 0 unspecified atom stereocenters. The first-order chi connectivity index (χ1) is 9.87. The highest BCUT2D eigenvalue weighted by molar-refractivity contribution is 5.77. The Hall–Kier alpha value is -1.56. The minimum Gasteiger partial charge on any atom is -0.490 e. The molecule has 0 N–H and O–H groups in total. The Balaban J connectivity index is 1.86. The molecule has 1 aliphatic heterocycles. The smallest absolute Gasteiger partial charge is 0.401 e. The van der Waals surface area contributed by atoms with Crippen LogP contribution in [0.3, 0.4) is 0 Å². The van der Waals surface area contributed by atoms with Crippen molar-refractivity contribution in [1.82, 2.24) is 4.90 Å². The number of nitrogens with zero attached hydrogens (tertiary/aromatic N) is 1. The quantitative estimate of drug-likeness (QED) is 0.800. The summed E-state index contributed by atoms with van der Waals surface area (Å²) in [6.45, 7) is 1.74. The number of piperidine rings is 1. The summed E-state index contributed by atoms with van der Waals surface area (Å²) >= 11 is 0. The van der Waals surface area contributed by atoms with Gasteiger partial charge < -0.3 is 4.74 Å². The van der Waals surface area contributed by atoms with E-state index in [4.69, 9.17) is 4.74 Å². The van der Waals surface area contributed by atoms with E-state index in [9.17, 15) is 18.0 Å². The van der Waals surface area contributed by atoms with Crippen LogP contribution in [0.4, 0.5) is 13.2 Å². The molecule has 0 atom stereocenters. The Bertz CT molecular complexity index is 494. The second kappa shape index (κ2) is 6.47. The topological polar surface area (TPSA) is 29.5 Å². The lowest BCUT2D eigenvalue weighted by molar-refractivity contribution is -0.149. The molecule has 0 amide bonds. The zero-order chi connectivity index (χ0) is 15.5. The molecule has 6 heteroatoms. The Morgan fingerprint density at radius 3 is 2.52 bits per heavy atom. The van der Waals surface area contributed by atoms with E-state index in [1.165, 1.54) is 4.90 Å². The molecule has 3 nitrogen and oxygen atoms in total. The molecule has 0 aromatic heterocycles. The number of carbonyl (C=O) groups is 1. The standard InChI is InChI=1S/C15H18F3NO2/c1-11-8-14(3-2-12(11)9-20)21-13-4-6-19(7-5-13)10-15(16,17)18/h2-3,8-9,13H,4-7,10H2,1H3. The molecule has 0 bridgehead atoms. The normalized spacial score (nSPS) is 17.7. The predicted molar refractivity (Wildman–Crippen MR) is 72.7 cm³/mol. The highest BCUT2D eigenvalue weighted by atomic mass is 19.4. The summed E-state index contributed by atoms with van der Waals surface area (Å²) in [5.74, 6) is 0.660. The zero-order valence-corrected chi connectivity index (χ0v) is 11.8. The Kier molecular flexibility index (Phi) is 4.88. The predicted octanol–water partition coefficient (Wildman–Crippen LogP) is 3.21. The van der Waals surface area contributed by atoms with Crippen molar-refractivity contribution < 1.29 is 22.7 Å². The lowest BCUT2D eigenvalue weighted by Gasteiger charge is -2.32. The molecular weight excluding hydrogens is 283 g/mol. The first-order valence-corrected chi connectivity index (χ1v) is 6.89. The molecule has 1 aromatic carbocycles. The number of likely N-dealkylation sites (tertiary alicyclic amines) is 1. The number of benzene rings is 1. The van der Waals surface area contributed by atoms with Gasteiger partial charge in [0.15, 0.2) is 0 Å². The molecule has 0 spiro atoms. The first kappa shape index (κ1) is 15.8. The van der Waals surface area contributed by atoms with Crippen LogP contribution in [0.15, 0.2) is 18.2 Å². The lowest BCUT2D eigenvalue weighted by Crippen LogP contribution is -2.42. The van der Waals surface area contributed by atoms with Crippen LogP contribution in [-0.2, 0) is 0 Å². The van der Waals surface area contributed by atoms with Crippen molar-refractivity contribution in [3.8, 4) is 5.75 Å². The number of rotatable bonds is 4. The van der Waals surface area contributed by atoms with Gasteiger partial charge in [0.1, 0.15) is 18.1 Å². The summed E-state index contributed by atoms with van der Waals surface area (Å²) < 4.78 is 42.7. The molecule has 116 valence electrons. The van der Waals surface area contributed by atoms with Crippen molar-refractivity contribution in [2.24, 2.45) is 0 Å². The zero-order valence-electron chi connectivity index (χ0n) is 11.8. The maximum absolute atomic E-state index is 12.3. The summed E-state index contributed by atoms with van der Waals surface area (Å²) in [6, 6.07) is 5.20. The largest absolute Gasteiger partial charge is 0.490 e. The van der Waals surface area contributed by atoms with Crippen LogP contribution >= 0.6 is 0 Å². The SMILES string of the molecule is Cc1cc(OC2CCN(CC(F)(F)F)CC2)ccc1C=O. The first-order valence-electron chi connectivity index (χ1n) is 6.89. The highest BCUT2D eigenvalue weighted by Crippen LogP contribution is 2.23. The van der Waals surface area contributed by atoms with Crippen LogP contribution < -0.4 is 4.74 Å². The van der Waals surface area contributed by atoms with Gasteiger partial charge in [-0.2, -0.15) is 13.2 Å². The van der Waals surface area contributed by atoms with E-state index in [0.717, 1.165) is 11.8 Å². The van der Waals surface area contributed by atoms with Crippen molar-refractivity contribution in [1.29, 1.82) is 0 Å². The van der Waals surface area contributed by atoms with E-state index in [0.29, 0.717) is 37.2 Å². The maximum atomic E-state index is 12.3. The van der Waals surface area contributed by atoms with Gasteiger partial charge in [0.2, 0.25) is 0 Å². The maximum Gasteiger partial charge on any atom is 0.401 e.